The van der Waals surface area contributed by atoms with Crippen LogP contribution in [0.15, 0.2) is 42.5 Å². The third kappa shape index (κ3) is 3.20. The van der Waals surface area contributed by atoms with E-state index in [9.17, 15) is 0 Å². The van der Waals surface area contributed by atoms with Gasteiger partial charge in [-0.1, -0.05) is 44.2 Å². The third-order valence-corrected chi connectivity index (χ3v) is 3.56. The topological polar surface area (TPSA) is 21.3 Å². The van der Waals surface area contributed by atoms with Gasteiger partial charge in [-0.3, -0.25) is 0 Å². The minimum absolute atomic E-state index is 0.569. The molecule has 0 bridgehead atoms. The second-order valence-corrected chi connectivity index (χ2v) is 5.33. The zero-order valence-corrected chi connectivity index (χ0v) is 12.7. The fourth-order valence-electron chi connectivity index (χ4n) is 2.35. The molecular formula is C18H23NO. The second-order valence-electron chi connectivity index (χ2n) is 5.33. The highest BCUT2D eigenvalue weighted by Crippen LogP contribution is 2.27. The first kappa shape index (κ1) is 14.6. The first-order valence-electron chi connectivity index (χ1n) is 7.07. The van der Waals surface area contributed by atoms with Crippen LogP contribution in [0.4, 0.5) is 0 Å². The molecule has 0 spiro atoms. The van der Waals surface area contributed by atoms with Gasteiger partial charge in [-0.15, -0.1) is 0 Å². The number of rotatable bonds is 5. The van der Waals surface area contributed by atoms with E-state index in [-0.39, 0.29) is 0 Å². The van der Waals surface area contributed by atoms with Crippen molar-refractivity contribution in [3.63, 3.8) is 0 Å². The molecule has 1 N–H and O–H groups in total. The molecule has 0 aromatic heterocycles. The predicted molar refractivity (Wildman–Crippen MR) is 85.3 cm³/mol. The zero-order valence-electron chi connectivity index (χ0n) is 12.7. The minimum atomic E-state index is 0.569. The van der Waals surface area contributed by atoms with Gasteiger partial charge < -0.3 is 10.1 Å². The summed E-state index contributed by atoms with van der Waals surface area (Å²) < 4.78 is 5.40. The highest BCUT2D eigenvalue weighted by molar-refractivity contribution is 5.66. The molecule has 2 aromatic carbocycles. The molecule has 2 aromatic rings. The Kier molecular flexibility index (Phi) is 4.80. The lowest BCUT2D eigenvalue weighted by Crippen LogP contribution is -2.06. The Morgan fingerprint density at radius 3 is 2.20 bits per heavy atom. The van der Waals surface area contributed by atoms with Gasteiger partial charge in [-0.25, -0.2) is 0 Å². The maximum absolute atomic E-state index is 5.40. The molecule has 0 saturated heterocycles. The van der Waals surface area contributed by atoms with Crippen LogP contribution < -0.4 is 10.1 Å². The van der Waals surface area contributed by atoms with Crippen molar-refractivity contribution in [2.45, 2.75) is 26.3 Å². The molecule has 2 rings (SSSR count). The quantitative estimate of drug-likeness (QED) is 0.878. The van der Waals surface area contributed by atoms with Crippen molar-refractivity contribution >= 4 is 0 Å². The van der Waals surface area contributed by atoms with Crippen molar-refractivity contribution in [3.8, 4) is 16.9 Å². The van der Waals surface area contributed by atoms with Gasteiger partial charge in [-0.2, -0.15) is 0 Å². The molecule has 0 aliphatic rings. The highest BCUT2D eigenvalue weighted by atomic mass is 16.5. The molecule has 0 heterocycles. The second kappa shape index (κ2) is 6.58. The van der Waals surface area contributed by atoms with Gasteiger partial charge in [0, 0.05) is 12.1 Å². The summed E-state index contributed by atoms with van der Waals surface area (Å²) >= 11 is 0. The predicted octanol–water partition coefficient (Wildman–Crippen LogP) is 4.21. The summed E-state index contributed by atoms with van der Waals surface area (Å²) in [5.74, 6) is 1.50. The Morgan fingerprint density at radius 1 is 1.00 bits per heavy atom. The SMILES string of the molecule is CNCc1cc(-c2ccc(C(C)C)cc2)ccc1OC. The van der Waals surface area contributed by atoms with Gasteiger partial charge in [0.05, 0.1) is 7.11 Å². The minimum Gasteiger partial charge on any atom is -0.496 e. The fourth-order valence-corrected chi connectivity index (χ4v) is 2.35. The number of hydrogen-bond acceptors (Lipinski definition) is 2. The van der Waals surface area contributed by atoms with E-state index in [4.69, 9.17) is 4.74 Å². The number of hydrogen-bond donors (Lipinski definition) is 1. The Morgan fingerprint density at radius 2 is 1.65 bits per heavy atom. The first-order valence-corrected chi connectivity index (χ1v) is 7.07. The standard InChI is InChI=1S/C18H23NO/c1-13(2)14-5-7-15(8-6-14)16-9-10-18(20-4)17(11-16)12-19-3/h5-11,13,19H,12H2,1-4H3. The van der Waals surface area contributed by atoms with Crippen molar-refractivity contribution < 1.29 is 4.74 Å². The molecule has 0 saturated carbocycles. The summed E-state index contributed by atoms with van der Waals surface area (Å²) in [6, 6.07) is 15.2. The van der Waals surface area contributed by atoms with E-state index in [2.05, 4.69) is 55.6 Å². The lowest BCUT2D eigenvalue weighted by molar-refractivity contribution is 0.408. The van der Waals surface area contributed by atoms with Gasteiger partial charge in [0.25, 0.3) is 0 Å². The Balaban J connectivity index is 2.34. The average Bonchev–Trinajstić information content (AvgIpc) is 2.47. The largest absolute Gasteiger partial charge is 0.496 e. The van der Waals surface area contributed by atoms with E-state index in [1.807, 2.05) is 13.1 Å². The van der Waals surface area contributed by atoms with Crippen LogP contribution in [0.3, 0.4) is 0 Å². The monoisotopic (exact) mass is 269 g/mol. The van der Waals surface area contributed by atoms with Crippen molar-refractivity contribution in [1.82, 2.24) is 5.32 Å². The molecule has 0 aliphatic carbocycles. The summed E-state index contributed by atoms with van der Waals surface area (Å²) in [5.41, 5.74) is 5.03. The van der Waals surface area contributed by atoms with Gasteiger partial charge in [0.15, 0.2) is 0 Å². The first-order chi connectivity index (χ1) is 9.65. The van der Waals surface area contributed by atoms with Crippen LogP contribution in [0.5, 0.6) is 5.75 Å². The van der Waals surface area contributed by atoms with E-state index in [1.54, 1.807) is 7.11 Å². The lowest BCUT2D eigenvalue weighted by atomic mass is 9.97. The number of nitrogens with one attached hydrogen (secondary N) is 1. The van der Waals surface area contributed by atoms with Gasteiger partial charge in [0.2, 0.25) is 0 Å². The van der Waals surface area contributed by atoms with Gasteiger partial charge >= 0.3 is 0 Å². The van der Waals surface area contributed by atoms with Crippen LogP contribution in [0.1, 0.15) is 30.9 Å². The van der Waals surface area contributed by atoms with E-state index < -0.39 is 0 Å². The summed E-state index contributed by atoms with van der Waals surface area (Å²) in [6.45, 7) is 5.24. The van der Waals surface area contributed by atoms with E-state index in [1.165, 1.54) is 22.3 Å². The maximum atomic E-state index is 5.40. The van der Waals surface area contributed by atoms with E-state index in [0.29, 0.717) is 5.92 Å². The van der Waals surface area contributed by atoms with Crippen LogP contribution in [0.25, 0.3) is 11.1 Å². The molecule has 2 heteroatoms. The third-order valence-electron chi connectivity index (χ3n) is 3.56. The summed E-state index contributed by atoms with van der Waals surface area (Å²) in [6.07, 6.45) is 0. The number of benzene rings is 2. The zero-order chi connectivity index (χ0) is 14.5. The number of methoxy groups -OCH3 is 1. The smallest absolute Gasteiger partial charge is 0.123 e. The summed E-state index contributed by atoms with van der Waals surface area (Å²) in [5, 5.41) is 3.18. The lowest BCUT2D eigenvalue weighted by Gasteiger charge is -2.12. The molecule has 2 nitrogen and oxygen atoms in total. The molecule has 0 atom stereocenters. The molecule has 0 unspecified atom stereocenters. The van der Waals surface area contributed by atoms with E-state index in [0.717, 1.165) is 12.3 Å². The highest BCUT2D eigenvalue weighted by Gasteiger charge is 2.06. The molecule has 20 heavy (non-hydrogen) atoms. The molecular weight excluding hydrogens is 246 g/mol. The maximum Gasteiger partial charge on any atom is 0.123 e. The van der Waals surface area contributed by atoms with Crippen LogP contribution >= 0.6 is 0 Å². The summed E-state index contributed by atoms with van der Waals surface area (Å²) in [4.78, 5) is 0. The normalized spacial score (nSPS) is 10.8. The van der Waals surface area contributed by atoms with Crippen molar-refractivity contribution in [2.24, 2.45) is 0 Å². The van der Waals surface area contributed by atoms with Crippen LogP contribution in [-0.4, -0.2) is 14.2 Å². The molecule has 0 fully saturated rings. The van der Waals surface area contributed by atoms with Crippen molar-refractivity contribution in [3.05, 3.63) is 53.6 Å². The molecule has 0 amide bonds. The molecule has 0 aliphatic heterocycles. The average molecular weight is 269 g/mol. The van der Waals surface area contributed by atoms with Gasteiger partial charge in [-0.05, 0) is 41.8 Å². The van der Waals surface area contributed by atoms with Crippen molar-refractivity contribution in [2.75, 3.05) is 14.2 Å². The van der Waals surface area contributed by atoms with Crippen LogP contribution in [0.2, 0.25) is 0 Å². The summed E-state index contributed by atoms with van der Waals surface area (Å²) in [7, 11) is 3.66. The number of ether oxygens (including phenoxy) is 1. The van der Waals surface area contributed by atoms with Crippen LogP contribution in [-0.2, 0) is 6.54 Å². The fraction of sp³-hybridized carbons (Fsp3) is 0.333. The Bertz CT molecular complexity index is 558. The molecule has 106 valence electrons. The Labute approximate surface area is 121 Å². The van der Waals surface area contributed by atoms with Crippen LogP contribution in [0, 0.1) is 0 Å². The van der Waals surface area contributed by atoms with Gasteiger partial charge in [0.1, 0.15) is 5.75 Å². The van der Waals surface area contributed by atoms with Crippen molar-refractivity contribution in [1.29, 1.82) is 0 Å². The van der Waals surface area contributed by atoms with E-state index >= 15 is 0 Å². The Hall–Kier alpha value is -1.80. The molecule has 0 radical (unpaired) electrons.